The van der Waals surface area contributed by atoms with E-state index in [1.807, 2.05) is 0 Å². The van der Waals surface area contributed by atoms with Gasteiger partial charge < -0.3 is 10.4 Å². The van der Waals surface area contributed by atoms with Crippen LogP contribution in [0.3, 0.4) is 0 Å². The van der Waals surface area contributed by atoms with Crippen LogP contribution in [0.25, 0.3) is 10.2 Å². The molecule has 0 bridgehead atoms. The predicted octanol–water partition coefficient (Wildman–Crippen LogP) is 3.55. The van der Waals surface area contributed by atoms with Crippen LogP contribution in [-0.4, -0.2) is 34.0 Å². The molecule has 0 saturated heterocycles. The van der Waals surface area contributed by atoms with E-state index in [1.54, 1.807) is 23.1 Å². The van der Waals surface area contributed by atoms with Crippen molar-refractivity contribution in [2.45, 2.75) is 38.1 Å². The van der Waals surface area contributed by atoms with E-state index in [9.17, 15) is 0 Å². The summed E-state index contributed by atoms with van der Waals surface area (Å²) < 4.78 is 0. The fraction of sp³-hybridized carbons (Fsp3) is 0.571. The van der Waals surface area contributed by atoms with Gasteiger partial charge in [-0.3, -0.25) is 0 Å². The van der Waals surface area contributed by atoms with Gasteiger partial charge in [-0.2, -0.15) is 0 Å². The Balaban J connectivity index is 2.30. The van der Waals surface area contributed by atoms with Gasteiger partial charge in [-0.1, -0.05) is 13.8 Å². The molecule has 4 nitrogen and oxygen atoms in total. The average molecular weight is 311 g/mol. The Hall–Kier alpha value is -0.850. The summed E-state index contributed by atoms with van der Waals surface area (Å²) >= 11 is 3.45. The Bertz CT molecular complexity index is 557. The van der Waals surface area contributed by atoms with Gasteiger partial charge in [0.15, 0.2) is 0 Å². The van der Waals surface area contributed by atoms with E-state index in [1.165, 1.54) is 4.88 Å². The van der Waals surface area contributed by atoms with Crippen LogP contribution in [0.15, 0.2) is 11.1 Å². The standard InChI is InChI=1S/C14H21N3OS2/c1-3-6-15-14-16-12(19-8-5-7-18)11-9-10(4-2)20-13(11)17-14/h9,18H,3-8H2,1-2H3,(H,15,16,17). The molecule has 0 atom stereocenters. The van der Waals surface area contributed by atoms with Crippen molar-refractivity contribution in [1.29, 1.82) is 0 Å². The van der Waals surface area contributed by atoms with Crippen molar-refractivity contribution in [3.8, 4) is 0 Å². The number of aryl methyl sites for hydroxylation is 1. The lowest BCUT2D eigenvalue weighted by atomic mass is 10.3. The van der Waals surface area contributed by atoms with Gasteiger partial charge in [-0.25, -0.2) is 9.97 Å². The molecule has 0 aromatic carbocycles. The minimum Gasteiger partial charge on any atom is -0.396 e. The van der Waals surface area contributed by atoms with Crippen LogP contribution >= 0.6 is 23.1 Å². The number of aromatic nitrogens is 2. The van der Waals surface area contributed by atoms with E-state index in [2.05, 4.69) is 35.2 Å². The fourth-order valence-electron chi connectivity index (χ4n) is 1.78. The molecule has 0 unspecified atom stereocenters. The summed E-state index contributed by atoms with van der Waals surface area (Å²) in [5.41, 5.74) is 0. The van der Waals surface area contributed by atoms with Gasteiger partial charge in [0.2, 0.25) is 5.95 Å². The summed E-state index contributed by atoms with van der Waals surface area (Å²) in [5, 5.41) is 14.4. The van der Waals surface area contributed by atoms with Gasteiger partial charge in [0.05, 0.1) is 0 Å². The molecular weight excluding hydrogens is 290 g/mol. The molecule has 0 radical (unpaired) electrons. The highest BCUT2D eigenvalue weighted by atomic mass is 32.2. The van der Waals surface area contributed by atoms with Crippen LogP contribution in [0, 0.1) is 0 Å². The fourth-order valence-corrected chi connectivity index (χ4v) is 3.74. The summed E-state index contributed by atoms with van der Waals surface area (Å²) in [5.74, 6) is 1.60. The Morgan fingerprint density at radius 1 is 1.35 bits per heavy atom. The molecule has 0 aliphatic carbocycles. The molecule has 2 N–H and O–H groups in total. The summed E-state index contributed by atoms with van der Waals surface area (Å²) in [6.07, 6.45) is 2.87. The Labute approximate surface area is 128 Å². The summed E-state index contributed by atoms with van der Waals surface area (Å²) in [7, 11) is 0. The number of hydrogen-bond donors (Lipinski definition) is 2. The van der Waals surface area contributed by atoms with Crippen molar-refractivity contribution in [1.82, 2.24) is 9.97 Å². The molecule has 2 aromatic heterocycles. The molecule has 2 aromatic rings. The summed E-state index contributed by atoms with van der Waals surface area (Å²) in [6, 6.07) is 2.20. The van der Waals surface area contributed by atoms with Crippen LogP contribution in [-0.2, 0) is 6.42 Å². The minimum atomic E-state index is 0.228. The molecule has 6 heteroatoms. The second-order valence-electron chi connectivity index (χ2n) is 4.49. The Morgan fingerprint density at radius 3 is 2.90 bits per heavy atom. The lowest BCUT2D eigenvalue weighted by Crippen LogP contribution is -2.04. The zero-order valence-electron chi connectivity index (χ0n) is 12.0. The van der Waals surface area contributed by atoms with Crippen molar-refractivity contribution in [2.75, 3.05) is 24.2 Å². The Morgan fingerprint density at radius 2 is 2.20 bits per heavy atom. The van der Waals surface area contributed by atoms with Crippen molar-refractivity contribution in [2.24, 2.45) is 0 Å². The molecule has 0 aliphatic rings. The van der Waals surface area contributed by atoms with Crippen LogP contribution < -0.4 is 5.32 Å². The summed E-state index contributed by atoms with van der Waals surface area (Å²) in [4.78, 5) is 11.6. The predicted molar refractivity (Wildman–Crippen MR) is 88.0 cm³/mol. The zero-order valence-corrected chi connectivity index (χ0v) is 13.6. The van der Waals surface area contributed by atoms with Gasteiger partial charge in [0.1, 0.15) is 9.86 Å². The van der Waals surface area contributed by atoms with E-state index in [0.717, 1.165) is 52.8 Å². The molecule has 20 heavy (non-hydrogen) atoms. The second kappa shape index (κ2) is 7.81. The molecule has 0 aliphatic heterocycles. The quantitative estimate of drug-likeness (QED) is 0.443. The first-order chi connectivity index (χ1) is 9.78. The number of nitrogens with zero attached hydrogens (tertiary/aromatic N) is 2. The first-order valence-corrected chi connectivity index (χ1v) is 8.86. The zero-order chi connectivity index (χ0) is 14.4. The lowest BCUT2D eigenvalue weighted by Gasteiger charge is -2.06. The molecule has 0 spiro atoms. The molecular formula is C14H21N3OS2. The highest BCUT2D eigenvalue weighted by Crippen LogP contribution is 2.32. The van der Waals surface area contributed by atoms with Gasteiger partial charge in [-0.15, -0.1) is 23.1 Å². The summed E-state index contributed by atoms with van der Waals surface area (Å²) in [6.45, 7) is 5.40. The third kappa shape index (κ3) is 3.84. The van der Waals surface area contributed by atoms with Gasteiger partial charge in [0.25, 0.3) is 0 Å². The largest absolute Gasteiger partial charge is 0.396 e. The molecule has 2 rings (SSSR count). The lowest BCUT2D eigenvalue weighted by molar-refractivity contribution is 0.296. The van der Waals surface area contributed by atoms with E-state index in [0.29, 0.717) is 0 Å². The highest BCUT2D eigenvalue weighted by Gasteiger charge is 2.11. The van der Waals surface area contributed by atoms with Crippen molar-refractivity contribution < 1.29 is 5.11 Å². The maximum Gasteiger partial charge on any atom is 0.225 e. The van der Waals surface area contributed by atoms with Crippen LogP contribution in [0.2, 0.25) is 0 Å². The SMILES string of the molecule is CCCNc1nc(SCCCO)c2cc(CC)sc2n1. The first kappa shape index (κ1) is 15.5. The molecule has 0 saturated carbocycles. The number of hydrogen-bond acceptors (Lipinski definition) is 6. The first-order valence-electron chi connectivity index (χ1n) is 7.06. The van der Waals surface area contributed by atoms with E-state index >= 15 is 0 Å². The van der Waals surface area contributed by atoms with E-state index < -0.39 is 0 Å². The average Bonchev–Trinajstić information content (AvgIpc) is 2.88. The third-order valence-corrected chi connectivity index (χ3v) is 5.08. The van der Waals surface area contributed by atoms with Crippen molar-refractivity contribution in [3.63, 3.8) is 0 Å². The van der Waals surface area contributed by atoms with Crippen LogP contribution in [0.4, 0.5) is 5.95 Å². The van der Waals surface area contributed by atoms with E-state index in [-0.39, 0.29) is 6.61 Å². The number of thiophene rings is 1. The molecule has 110 valence electrons. The number of fused-ring (bicyclic) bond motifs is 1. The topological polar surface area (TPSA) is 58.0 Å². The minimum absolute atomic E-state index is 0.228. The van der Waals surface area contributed by atoms with Crippen molar-refractivity contribution >= 4 is 39.3 Å². The van der Waals surface area contributed by atoms with E-state index in [4.69, 9.17) is 5.11 Å². The molecule has 0 fully saturated rings. The number of thioether (sulfide) groups is 1. The highest BCUT2D eigenvalue weighted by molar-refractivity contribution is 7.99. The smallest absolute Gasteiger partial charge is 0.225 e. The maximum atomic E-state index is 8.91. The number of nitrogens with one attached hydrogen (secondary N) is 1. The third-order valence-electron chi connectivity index (χ3n) is 2.83. The normalized spacial score (nSPS) is 11.2. The molecule has 0 amide bonds. The van der Waals surface area contributed by atoms with Gasteiger partial charge in [0, 0.05) is 29.2 Å². The van der Waals surface area contributed by atoms with Crippen LogP contribution in [0.5, 0.6) is 0 Å². The van der Waals surface area contributed by atoms with Gasteiger partial charge >= 0.3 is 0 Å². The van der Waals surface area contributed by atoms with Crippen molar-refractivity contribution in [3.05, 3.63) is 10.9 Å². The number of anilines is 1. The number of aliphatic hydroxyl groups excluding tert-OH is 1. The maximum absolute atomic E-state index is 8.91. The molecule has 2 heterocycles. The number of aliphatic hydroxyl groups is 1. The van der Waals surface area contributed by atoms with Crippen LogP contribution in [0.1, 0.15) is 31.6 Å². The Kier molecular flexibility index (Phi) is 6.06. The monoisotopic (exact) mass is 311 g/mol. The number of rotatable bonds is 8. The van der Waals surface area contributed by atoms with Gasteiger partial charge in [-0.05, 0) is 25.3 Å². The second-order valence-corrected chi connectivity index (χ2v) is 6.69.